The fourth-order valence-corrected chi connectivity index (χ4v) is 4.11. The Balaban J connectivity index is 1.69. The maximum absolute atomic E-state index is 12.0. The van der Waals surface area contributed by atoms with E-state index in [-0.39, 0.29) is 6.04 Å². The van der Waals surface area contributed by atoms with Gasteiger partial charge in [0.15, 0.2) is 0 Å². The molecule has 3 nitrogen and oxygen atoms in total. The topological polar surface area (TPSA) is 32.3 Å². The third-order valence-electron chi connectivity index (χ3n) is 5.13. The van der Waals surface area contributed by atoms with E-state index < -0.39 is 0 Å². The zero-order chi connectivity index (χ0) is 11.3. The summed E-state index contributed by atoms with van der Waals surface area (Å²) in [5, 5.41) is 3.24. The van der Waals surface area contributed by atoms with Crippen LogP contribution in [0, 0.1) is 17.8 Å². The van der Waals surface area contributed by atoms with Crippen molar-refractivity contribution in [2.24, 2.45) is 17.8 Å². The summed E-state index contributed by atoms with van der Waals surface area (Å²) >= 11 is 0. The van der Waals surface area contributed by atoms with Crippen molar-refractivity contribution in [3.05, 3.63) is 0 Å². The molecule has 3 fully saturated rings. The normalized spacial score (nSPS) is 44.4. The molecule has 90 valence electrons. The van der Waals surface area contributed by atoms with E-state index in [0.29, 0.717) is 11.9 Å². The minimum absolute atomic E-state index is 0.0287. The second-order valence-corrected chi connectivity index (χ2v) is 5.97. The quantitative estimate of drug-likeness (QED) is 0.769. The molecule has 0 aromatic heterocycles. The lowest BCUT2D eigenvalue weighted by Crippen LogP contribution is -2.42. The van der Waals surface area contributed by atoms with Crippen molar-refractivity contribution in [3.63, 3.8) is 0 Å². The number of carbonyl (C=O) groups excluding carboxylic acids is 1. The van der Waals surface area contributed by atoms with Crippen LogP contribution in [0.5, 0.6) is 0 Å². The number of nitrogens with one attached hydrogen (secondary N) is 1. The zero-order valence-electron chi connectivity index (χ0n) is 10.3. The van der Waals surface area contributed by atoms with Gasteiger partial charge >= 0.3 is 0 Å². The molecule has 1 amide bonds. The van der Waals surface area contributed by atoms with Gasteiger partial charge in [-0.3, -0.25) is 10.1 Å². The highest BCUT2D eigenvalue weighted by Gasteiger charge is 2.45. The van der Waals surface area contributed by atoms with E-state index in [1.165, 1.54) is 25.7 Å². The number of hydrogen-bond donors (Lipinski definition) is 1. The Morgan fingerprint density at radius 1 is 1.38 bits per heavy atom. The fourth-order valence-electron chi connectivity index (χ4n) is 4.11. The average Bonchev–Trinajstić information content (AvgIpc) is 2.95. The molecule has 1 saturated heterocycles. The third-order valence-corrected chi connectivity index (χ3v) is 5.13. The van der Waals surface area contributed by atoms with Gasteiger partial charge in [0.05, 0.1) is 12.7 Å². The summed E-state index contributed by atoms with van der Waals surface area (Å²) in [7, 11) is 0. The highest BCUT2D eigenvalue weighted by atomic mass is 16.2. The highest BCUT2D eigenvalue weighted by Crippen LogP contribution is 2.50. The molecule has 0 radical (unpaired) electrons. The van der Waals surface area contributed by atoms with E-state index in [9.17, 15) is 4.79 Å². The molecule has 0 aromatic rings. The van der Waals surface area contributed by atoms with Gasteiger partial charge in [0.1, 0.15) is 0 Å². The molecule has 5 unspecified atom stereocenters. The second kappa shape index (κ2) is 3.73. The summed E-state index contributed by atoms with van der Waals surface area (Å²) < 4.78 is 0. The van der Waals surface area contributed by atoms with E-state index in [0.717, 1.165) is 24.4 Å². The second-order valence-electron chi connectivity index (χ2n) is 5.97. The van der Waals surface area contributed by atoms with E-state index in [1.807, 2.05) is 6.92 Å². The van der Waals surface area contributed by atoms with Crippen molar-refractivity contribution in [2.75, 3.05) is 6.67 Å². The van der Waals surface area contributed by atoms with Crippen LogP contribution < -0.4 is 5.32 Å². The van der Waals surface area contributed by atoms with Crippen molar-refractivity contribution in [1.82, 2.24) is 10.2 Å². The summed E-state index contributed by atoms with van der Waals surface area (Å²) in [4.78, 5) is 14.0. The van der Waals surface area contributed by atoms with Crippen molar-refractivity contribution in [2.45, 2.75) is 51.6 Å². The number of carbonyl (C=O) groups is 1. The third kappa shape index (κ3) is 1.48. The SMILES string of the molecule is CC1NCN(C(C)C2CC3CCC2C3)C1=O. The first-order valence-electron chi connectivity index (χ1n) is 6.70. The monoisotopic (exact) mass is 222 g/mol. The van der Waals surface area contributed by atoms with Gasteiger partial charge in [-0.1, -0.05) is 6.42 Å². The first-order valence-corrected chi connectivity index (χ1v) is 6.70. The van der Waals surface area contributed by atoms with Gasteiger partial charge in [0, 0.05) is 6.04 Å². The average molecular weight is 222 g/mol. The van der Waals surface area contributed by atoms with Crippen molar-refractivity contribution in [3.8, 4) is 0 Å². The summed E-state index contributed by atoms with van der Waals surface area (Å²) in [5.74, 6) is 2.95. The lowest BCUT2D eigenvalue weighted by Gasteiger charge is -2.34. The molecular weight excluding hydrogens is 200 g/mol. The van der Waals surface area contributed by atoms with Crippen LogP contribution in [0.25, 0.3) is 0 Å². The van der Waals surface area contributed by atoms with Gasteiger partial charge < -0.3 is 4.90 Å². The maximum Gasteiger partial charge on any atom is 0.240 e. The van der Waals surface area contributed by atoms with Gasteiger partial charge in [-0.05, 0) is 50.9 Å². The van der Waals surface area contributed by atoms with E-state index in [4.69, 9.17) is 0 Å². The Morgan fingerprint density at radius 3 is 2.69 bits per heavy atom. The van der Waals surface area contributed by atoms with Crippen LogP contribution in [-0.4, -0.2) is 29.6 Å². The number of amides is 1. The highest BCUT2D eigenvalue weighted by molar-refractivity contribution is 5.83. The molecule has 1 heterocycles. The Morgan fingerprint density at radius 2 is 2.19 bits per heavy atom. The fraction of sp³-hybridized carbons (Fsp3) is 0.923. The Hall–Kier alpha value is -0.570. The maximum atomic E-state index is 12.0. The Labute approximate surface area is 97.6 Å². The van der Waals surface area contributed by atoms with Gasteiger partial charge in [-0.2, -0.15) is 0 Å². The molecule has 3 heteroatoms. The molecule has 1 N–H and O–H groups in total. The van der Waals surface area contributed by atoms with Crippen LogP contribution in [0.2, 0.25) is 0 Å². The minimum Gasteiger partial charge on any atom is -0.326 e. The van der Waals surface area contributed by atoms with Crippen LogP contribution in [0.1, 0.15) is 39.5 Å². The van der Waals surface area contributed by atoms with Crippen molar-refractivity contribution in [1.29, 1.82) is 0 Å². The zero-order valence-corrected chi connectivity index (χ0v) is 10.3. The molecule has 2 saturated carbocycles. The molecule has 0 spiro atoms. The predicted octanol–water partition coefficient (Wildman–Crippen LogP) is 1.59. The van der Waals surface area contributed by atoms with E-state index in [2.05, 4.69) is 17.1 Å². The van der Waals surface area contributed by atoms with Gasteiger partial charge in [0.25, 0.3) is 0 Å². The Kier molecular flexibility index (Phi) is 2.46. The standard InChI is InChI=1S/C13H22N2O/c1-8-13(16)15(7-14-8)9(2)12-6-10-3-4-11(12)5-10/h8-12,14H,3-7H2,1-2H3. The van der Waals surface area contributed by atoms with Crippen LogP contribution in [0.4, 0.5) is 0 Å². The van der Waals surface area contributed by atoms with Gasteiger partial charge in [-0.15, -0.1) is 0 Å². The summed E-state index contributed by atoms with van der Waals surface area (Å²) in [6.45, 7) is 4.98. The molecule has 1 aliphatic heterocycles. The van der Waals surface area contributed by atoms with Crippen LogP contribution in [-0.2, 0) is 4.79 Å². The molecule has 3 aliphatic rings. The minimum atomic E-state index is 0.0287. The smallest absolute Gasteiger partial charge is 0.240 e. The molecule has 2 aliphatic carbocycles. The summed E-state index contributed by atoms with van der Waals surface area (Å²) in [5.41, 5.74) is 0. The largest absolute Gasteiger partial charge is 0.326 e. The lowest BCUT2D eigenvalue weighted by atomic mass is 9.83. The van der Waals surface area contributed by atoms with Crippen LogP contribution in [0.3, 0.4) is 0 Å². The van der Waals surface area contributed by atoms with E-state index >= 15 is 0 Å². The molecule has 16 heavy (non-hydrogen) atoms. The number of rotatable bonds is 2. The first-order chi connectivity index (χ1) is 7.66. The molecule has 0 aromatic carbocycles. The number of hydrogen-bond acceptors (Lipinski definition) is 2. The van der Waals surface area contributed by atoms with Crippen LogP contribution >= 0.6 is 0 Å². The first kappa shape index (κ1) is 10.6. The molecule has 2 bridgehead atoms. The Bertz CT molecular complexity index is 304. The lowest BCUT2D eigenvalue weighted by molar-refractivity contribution is -0.131. The molecule has 5 atom stereocenters. The number of fused-ring (bicyclic) bond motifs is 2. The summed E-state index contributed by atoms with van der Waals surface area (Å²) in [6, 6.07) is 0.473. The van der Waals surface area contributed by atoms with Crippen molar-refractivity contribution < 1.29 is 4.79 Å². The number of nitrogens with zero attached hydrogens (tertiary/aromatic N) is 1. The van der Waals surface area contributed by atoms with Crippen molar-refractivity contribution >= 4 is 5.91 Å². The van der Waals surface area contributed by atoms with Gasteiger partial charge in [0.2, 0.25) is 5.91 Å². The molecule has 3 rings (SSSR count). The van der Waals surface area contributed by atoms with Gasteiger partial charge in [-0.25, -0.2) is 0 Å². The predicted molar refractivity (Wildman–Crippen MR) is 62.7 cm³/mol. The summed E-state index contributed by atoms with van der Waals surface area (Å²) in [6.07, 6.45) is 5.64. The molecular formula is C13H22N2O. The van der Waals surface area contributed by atoms with Crippen LogP contribution in [0.15, 0.2) is 0 Å². The van der Waals surface area contributed by atoms with E-state index in [1.54, 1.807) is 0 Å².